The number of hydrogen-bond donors (Lipinski definition) is 3. The van der Waals surface area contributed by atoms with Crippen LogP contribution in [-0.2, 0) is 14.3 Å². The molecule has 0 aliphatic carbocycles. The predicted octanol–water partition coefficient (Wildman–Crippen LogP) is 1.40. The highest BCUT2D eigenvalue weighted by atomic mass is 35.5. The normalized spacial score (nSPS) is 15.8. The van der Waals surface area contributed by atoms with E-state index in [4.69, 9.17) is 27.8 Å². The summed E-state index contributed by atoms with van der Waals surface area (Å²) in [6.07, 6.45) is 4.56. The number of nitrogens with two attached hydrogens (primary N) is 2. The van der Waals surface area contributed by atoms with Gasteiger partial charge in [-0.2, -0.15) is 0 Å². The molecule has 1 aromatic carbocycles. The number of carbonyl (C=O) groups is 2. The SMILES string of the molecule is C=C/C=C(/CNC=O)OC.CC(N)C(N)C=O.CN1CCN(c2ccccc2Cl)CC1. The largest absolute Gasteiger partial charge is 0.499 e. The van der Waals surface area contributed by atoms with Gasteiger partial charge in [-0.05, 0) is 32.2 Å². The molecule has 0 aromatic heterocycles. The Bertz CT molecular complexity index is 677. The zero-order valence-corrected chi connectivity index (χ0v) is 19.4. The maximum absolute atomic E-state index is 9.81. The molecule has 31 heavy (non-hydrogen) atoms. The first kappa shape index (κ1) is 28.6. The number of allylic oxidation sites excluding steroid dienone is 2. The van der Waals surface area contributed by atoms with Crippen LogP contribution >= 0.6 is 11.6 Å². The van der Waals surface area contributed by atoms with E-state index in [1.165, 1.54) is 5.69 Å². The van der Waals surface area contributed by atoms with Crippen molar-refractivity contribution in [3.63, 3.8) is 0 Å². The molecule has 0 radical (unpaired) electrons. The molecule has 2 unspecified atom stereocenters. The van der Waals surface area contributed by atoms with Crippen LogP contribution < -0.4 is 21.7 Å². The maximum Gasteiger partial charge on any atom is 0.207 e. The van der Waals surface area contributed by atoms with Gasteiger partial charge in [0.1, 0.15) is 12.0 Å². The van der Waals surface area contributed by atoms with Crippen molar-refractivity contribution in [3.8, 4) is 0 Å². The smallest absolute Gasteiger partial charge is 0.207 e. The molecule has 1 aromatic rings. The van der Waals surface area contributed by atoms with Crippen molar-refractivity contribution < 1.29 is 14.3 Å². The highest BCUT2D eigenvalue weighted by Gasteiger charge is 2.15. The molecule has 0 spiro atoms. The van der Waals surface area contributed by atoms with Crippen LogP contribution in [0.15, 0.2) is 48.8 Å². The topological polar surface area (TPSA) is 114 Å². The van der Waals surface area contributed by atoms with Crippen molar-refractivity contribution >= 4 is 30.0 Å². The summed E-state index contributed by atoms with van der Waals surface area (Å²) in [5, 5.41) is 3.32. The van der Waals surface area contributed by atoms with Crippen molar-refractivity contribution in [1.29, 1.82) is 0 Å². The number of methoxy groups -OCH3 is 1. The fourth-order valence-electron chi connectivity index (χ4n) is 2.35. The monoisotopic (exact) mass is 453 g/mol. The number of hydrogen-bond acceptors (Lipinski definition) is 7. The number of carbonyl (C=O) groups excluding carboxylic acids is 2. The Hall–Kier alpha value is -2.39. The standard InChI is InChI=1S/C11H15ClN2.C7H11NO2.C4H10N2O/c1-13-6-8-14(9-7-13)11-5-3-2-4-10(11)12;1-3-4-7(10-2)5-8-6-9;1-3(5)4(6)2-7/h2-5H,6-9H2,1H3;3-4,6H,1,5H2,2H3,(H,8,9);2-4H,5-6H2,1H3/b;7-4-;. The molecule has 9 heteroatoms. The van der Waals surface area contributed by atoms with E-state index in [-0.39, 0.29) is 6.04 Å². The number of piperazine rings is 1. The second-order valence-corrected chi connectivity index (χ2v) is 7.29. The van der Waals surface area contributed by atoms with Crippen LogP contribution in [0.3, 0.4) is 0 Å². The summed E-state index contributed by atoms with van der Waals surface area (Å²) in [5.41, 5.74) is 11.5. The molecule has 1 heterocycles. The van der Waals surface area contributed by atoms with Gasteiger partial charge in [0.15, 0.2) is 0 Å². The van der Waals surface area contributed by atoms with E-state index < -0.39 is 6.04 Å². The fourth-order valence-corrected chi connectivity index (χ4v) is 2.61. The lowest BCUT2D eigenvalue weighted by molar-refractivity contribution is -0.110. The zero-order chi connectivity index (χ0) is 23.6. The van der Waals surface area contributed by atoms with E-state index in [0.717, 1.165) is 31.2 Å². The Morgan fingerprint density at radius 2 is 1.87 bits per heavy atom. The first-order valence-electron chi connectivity index (χ1n) is 9.97. The average Bonchev–Trinajstić information content (AvgIpc) is 2.78. The number of para-hydroxylation sites is 1. The van der Waals surface area contributed by atoms with Gasteiger partial charge in [-0.15, -0.1) is 0 Å². The molecule has 174 valence electrons. The minimum Gasteiger partial charge on any atom is -0.499 e. The summed E-state index contributed by atoms with van der Waals surface area (Å²) in [6, 6.07) is 7.34. The van der Waals surface area contributed by atoms with Gasteiger partial charge in [-0.1, -0.05) is 36.4 Å². The summed E-state index contributed by atoms with van der Waals surface area (Å²) in [5.74, 6) is 0.683. The summed E-state index contributed by atoms with van der Waals surface area (Å²) in [7, 11) is 3.70. The van der Waals surface area contributed by atoms with Crippen LogP contribution in [0.2, 0.25) is 5.02 Å². The number of nitrogens with zero attached hydrogens (tertiary/aromatic N) is 2. The fraction of sp³-hybridized carbons (Fsp3) is 0.455. The van der Waals surface area contributed by atoms with Crippen molar-refractivity contribution in [2.75, 3.05) is 51.8 Å². The number of ether oxygens (including phenoxy) is 1. The lowest BCUT2D eigenvalue weighted by atomic mass is 10.2. The number of anilines is 1. The molecule has 1 aliphatic heterocycles. The minimum absolute atomic E-state index is 0.225. The van der Waals surface area contributed by atoms with Gasteiger partial charge >= 0.3 is 0 Å². The Labute approximate surface area is 190 Å². The van der Waals surface area contributed by atoms with Gasteiger partial charge in [0.05, 0.1) is 30.4 Å². The van der Waals surface area contributed by atoms with E-state index in [1.54, 1.807) is 26.2 Å². The number of nitrogens with one attached hydrogen (secondary N) is 1. The molecule has 2 atom stereocenters. The summed E-state index contributed by atoms with van der Waals surface area (Å²) < 4.78 is 4.86. The van der Waals surface area contributed by atoms with Gasteiger partial charge < -0.3 is 36.1 Å². The van der Waals surface area contributed by atoms with Gasteiger partial charge in [0.25, 0.3) is 0 Å². The second-order valence-electron chi connectivity index (χ2n) is 6.89. The number of aldehydes is 1. The van der Waals surface area contributed by atoms with Crippen LogP contribution in [0.5, 0.6) is 0 Å². The quantitative estimate of drug-likeness (QED) is 0.309. The summed E-state index contributed by atoms with van der Waals surface area (Å²) in [4.78, 5) is 24.2. The third kappa shape index (κ3) is 12.8. The highest BCUT2D eigenvalue weighted by Crippen LogP contribution is 2.25. The first-order chi connectivity index (χ1) is 14.8. The molecule has 1 amide bonds. The van der Waals surface area contributed by atoms with E-state index >= 15 is 0 Å². The summed E-state index contributed by atoms with van der Waals surface area (Å²) in [6.45, 7) is 9.96. The average molecular weight is 454 g/mol. The van der Waals surface area contributed by atoms with E-state index in [0.29, 0.717) is 25.0 Å². The molecule has 0 bridgehead atoms. The Kier molecular flexibility index (Phi) is 16.0. The van der Waals surface area contributed by atoms with E-state index in [9.17, 15) is 9.59 Å². The van der Waals surface area contributed by atoms with Crippen molar-refractivity contribution in [2.45, 2.75) is 19.0 Å². The van der Waals surface area contributed by atoms with Crippen LogP contribution in [0, 0.1) is 0 Å². The lowest BCUT2D eigenvalue weighted by Crippen LogP contribution is -2.44. The van der Waals surface area contributed by atoms with Gasteiger partial charge in [-0.3, -0.25) is 4.79 Å². The predicted molar refractivity (Wildman–Crippen MR) is 128 cm³/mol. The van der Waals surface area contributed by atoms with Crippen molar-refractivity contribution in [3.05, 3.63) is 53.8 Å². The van der Waals surface area contributed by atoms with Gasteiger partial charge in [0.2, 0.25) is 6.41 Å². The number of halogens is 1. The zero-order valence-electron chi connectivity index (χ0n) is 18.7. The molecule has 0 saturated carbocycles. The molecule has 1 saturated heterocycles. The maximum atomic E-state index is 9.81. The number of benzene rings is 1. The summed E-state index contributed by atoms with van der Waals surface area (Å²) >= 11 is 6.14. The molecule has 1 aliphatic rings. The van der Waals surface area contributed by atoms with E-state index in [1.807, 2.05) is 18.2 Å². The lowest BCUT2D eigenvalue weighted by Gasteiger charge is -2.34. The van der Waals surface area contributed by atoms with Gasteiger partial charge in [0, 0.05) is 32.2 Å². The molecule has 1 fully saturated rings. The van der Waals surface area contributed by atoms with Crippen LogP contribution in [0.1, 0.15) is 6.92 Å². The minimum atomic E-state index is -0.500. The molecule has 8 nitrogen and oxygen atoms in total. The molecular formula is C22H36ClN5O3. The first-order valence-corrected chi connectivity index (χ1v) is 10.4. The van der Waals surface area contributed by atoms with E-state index in [2.05, 4.69) is 34.8 Å². The second kappa shape index (κ2) is 17.3. The van der Waals surface area contributed by atoms with Crippen LogP contribution in [0.25, 0.3) is 0 Å². The molecule has 2 rings (SSSR count). The third-order valence-electron chi connectivity index (χ3n) is 4.39. The molecule has 5 N–H and O–H groups in total. The van der Waals surface area contributed by atoms with Crippen LogP contribution in [-0.4, -0.2) is 76.6 Å². The number of likely N-dealkylation sites (N-methyl/N-ethyl adjacent to an activating group) is 1. The number of rotatable bonds is 8. The third-order valence-corrected chi connectivity index (χ3v) is 4.71. The Balaban J connectivity index is 0.000000468. The van der Waals surface area contributed by atoms with Gasteiger partial charge in [-0.25, -0.2) is 0 Å². The molecular weight excluding hydrogens is 418 g/mol. The number of amides is 1. The highest BCUT2D eigenvalue weighted by molar-refractivity contribution is 6.33. The Morgan fingerprint density at radius 1 is 1.26 bits per heavy atom. The Morgan fingerprint density at radius 3 is 2.29 bits per heavy atom. The van der Waals surface area contributed by atoms with Crippen molar-refractivity contribution in [1.82, 2.24) is 10.2 Å². The van der Waals surface area contributed by atoms with Crippen molar-refractivity contribution in [2.24, 2.45) is 11.5 Å². The van der Waals surface area contributed by atoms with Crippen LogP contribution in [0.4, 0.5) is 5.69 Å².